The third-order valence-electron chi connectivity index (χ3n) is 24.7. The zero-order chi connectivity index (χ0) is 98.8. The summed E-state index contributed by atoms with van der Waals surface area (Å²) in [5, 5.41) is 57.2. The van der Waals surface area contributed by atoms with Crippen LogP contribution in [-0.4, -0.2) is 61.2 Å². The quantitative estimate of drug-likeness (QED) is 0.0817. The van der Waals surface area contributed by atoms with Crippen molar-refractivity contribution in [3.63, 3.8) is 0 Å². The second kappa shape index (κ2) is 38.4. The molecule has 0 bridgehead atoms. The number of nitrogens with zero attached hydrogens (tertiary/aromatic N) is 12. The van der Waals surface area contributed by atoms with Gasteiger partial charge < -0.3 is 26.5 Å². The SMILES string of the molecule is CC(C)(C)c1ccc(-c2nnc(-c3ccc(C#Cc4cc(C#Cc5ccc(-c6nnc(-c7ccc(C(C)(C)C)cc7)o6)cc5)cc(-c5nnc(-c6ccc(C#Cc7c8ccccc8c(C#Cc8ccc(-c9nnc(-c%10cc(C#Cc%11ccc(-c%12nnc(-c%13ccc(C(C)(C)C)cc%13)o%12)cc%11)cc(C#Cc%11ccc(-c%12nnc(-c%13ccc(C(C)(C)C)cc%13)o%12)cc%11)c%10)o9)cc8)c8ccccc78)cc6)o5)c4)cc3)o2)cc1. The molecule has 0 atom stereocenters. The van der Waals surface area contributed by atoms with Crippen LogP contribution in [0.1, 0.15) is 172 Å². The lowest BCUT2D eigenvalue weighted by atomic mass is 9.87. The van der Waals surface area contributed by atoms with E-state index in [4.69, 9.17) is 26.5 Å². The van der Waals surface area contributed by atoms with Gasteiger partial charge in [-0.1, -0.05) is 251 Å². The lowest BCUT2D eigenvalue weighted by Gasteiger charge is -2.18. The highest BCUT2D eigenvalue weighted by atomic mass is 16.4. The first-order valence-corrected chi connectivity index (χ1v) is 47.2. The smallest absolute Gasteiger partial charge is 0.248 e. The molecular formula is C126H90N12O6. The van der Waals surface area contributed by atoms with E-state index in [9.17, 15) is 0 Å². The molecule has 18 heteroatoms. The minimum absolute atomic E-state index is 0.0174. The second-order valence-electron chi connectivity index (χ2n) is 39.2. The summed E-state index contributed by atoms with van der Waals surface area (Å²) in [7, 11) is 0. The predicted molar refractivity (Wildman–Crippen MR) is 563 cm³/mol. The Kier molecular flexibility index (Phi) is 24.4. The van der Waals surface area contributed by atoms with Crippen molar-refractivity contribution in [3.05, 3.63) is 417 Å². The molecule has 0 N–H and O–H groups in total. The van der Waals surface area contributed by atoms with E-state index in [-0.39, 0.29) is 33.4 Å². The van der Waals surface area contributed by atoms with Gasteiger partial charge in [0.05, 0.1) is 0 Å². The van der Waals surface area contributed by atoms with Gasteiger partial charge >= 0.3 is 0 Å². The van der Waals surface area contributed by atoms with Gasteiger partial charge in [-0.2, -0.15) is 0 Å². The summed E-state index contributed by atoms with van der Waals surface area (Å²) < 4.78 is 37.7. The zero-order valence-corrected chi connectivity index (χ0v) is 81.0. The van der Waals surface area contributed by atoms with Gasteiger partial charge in [0, 0.05) is 134 Å². The maximum absolute atomic E-state index is 6.51. The number of rotatable bonds is 12. The van der Waals surface area contributed by atoms with E-state index in [1.807, 2.05) is 255 Å². The lowest BCUT2D eigenvalue weighted by molar-refractivity contribution is 0.582. The van der Waals surface area contributed by atoms with Crippen molar-refractivity contribution in [2.24, 2.45) is 0 Å². The minimum Gasteiger partial charge on any atom is -0.416 e. The Bertz CT molecular complexity index is 7950. The Morgan fingerprint density at radius 2 is 0.285 bits per heavy atom. The number of hydrogen-bond donors (Lipinski definition) is 0. The van der Waals surface area contributed by atoms with Crippen LogP contribution >= 0.6 is 0 Å². The molecule has 0 unspecified atom stereocenters. The minimum atomic E-state index is 0.0174. The molecule has 15 aromatic carbocycles. The van der Waals surface area contributed by atoms with Crippen LogP contribution < -0.4 is 0 Å². The Balaban J connectivity index is 0.518. The van der Waals surface area contributed by atoms with Crippen LogP contribution in [0, 0.1) is 71.0 Å². The Morgan fingerprint density at radius 3 is 0.444 bits per heavy atom. The van der Waals surface area contributed by atoms with Crippen LogP contribution in [0.5, 0.6) is 0 Å². The fourth-order valence-electron chi connectivity index (χ4n) is 16.4. The first-order chi connectivity index (χ1) is 69.7. The van der Waals surface area contributed by atoms with Crippen molar-refractivity contribution in [1.29, 1.82) is 0 Å². The first-order valence-electron chi connectivity index (χ1n) is 47.2. The molecule has 21 rings (SSSR count). The molecular weight excluding hydrogens is 1780 g/mol. The number of benzene rings is 15. The van der Waals surface area contributed by atoms with Gasteiger partial charge in [0.25, 0.3) is 0 Å². The molecule has 0 amide bonds. The number of hydrogen-bond acceptors (Lipinski definition) is 18. The summed E-state index contributed by atoms with van der Waals surface area (Å²) in [5.74, 6) is 45.7. The van der Waals surface area contributed by atoms with E-state index in [0.29, 0.717) is 103 Å². The fourth-order valence-corrected chi connectivity index (χ4v) is 16.4. The van der Waals surface area contributed by atoms with Crippen molar-refractivity contribution < 1.29 is 26.5 Å². The predicted octanol–water partition coefficient (Wildman–Crippen LogP) is 27.9. The maximum atomic E-state index is 6.51. The molecule has 690 valence electrons. The van der Waals surface area contributed by atoms with Crippen molar-refractivity contribution in [2.45, 2.75) is 105 Å². The highest BCUT2D eigenvalue weighted by molar-refractivity contribution is 6.10. The van der Waals surface area contributed by atoms with Crippen LogP contribution in [-0.2, 0) is 21.7 Å². The van der Waals surface area contributed by atoms with Crippen LogP contribution in [0.25, 0.3) is 159 Å². The average Bonchev–Trinajstić information content (AvgIpc) is 0.924. The van der Waals surface area contributed by atoms with Gasteiger partial charge in [0.15, 0.2) is 0 Å². The normalized spacial score (nSPS) is 11.4. The van der Waals surface area contributed by atoms with E-state index in [0.717, 1.165) is 111 Å². The van der Waals surface area contributed by atoms with Gasteiger partial charge in [-0.15, -0.1) is 61.2 Å². The molecule has 6 heterocycles. The molecule has 18 nitrogen and oxygen atoms in total. The summed E-state index contributed by atoms with van der Waals surface area (Å²) in [6, 6.07) is 107. The third-order valence-corrected chi connectivity index (χ3v) is 24.7. The summed E-state index contributed by atoms with van der Waals surface area (Å²) in [4.78, 5) is 0. The van der Waals surface area contributed by atoms with E-state index >= 15 is 0 Å². The molecule has 0 spiro atoms. The second-order valence-corrected chi connectivity index (χ2v) is 39.2. The summed E-state index contributed by atoms with van der Waals surface area (Å²) in [6.07, 6.45) is 0. The molecule has 6 aromatic heterocycles. The van der Waals surface area contributed by atoms with Crippen LogP contribution in [0.3, 0.4) is 0 Å². The Labute approximate surface area is 833 Å². The monoisotopic (exact) mass is 1870 g/mol. The zero-order valence-electron chi connectivity index (χ0n) is 81.0. The van der Waals surface area contributed by atoms with Crippen LogP contribution in [0.15, 0.2) is 354 Å². The van der Waals surface area contributed by atoms with E-state index in [1.54, 1.807) is 0 Å². The third kappa shape index (κ3) is 20.5. The Morgan fingerprint density at radius 1 is 0.146 bits per heavy atom. The van der Waals surface area contributed by atoms with Gasteiger partial charge in [-0.05, 0) is 296 Å². The number of aromatic nitrogens is 12. The largest absolute Gasteiger partial charge is 0.416 e. The molecule has 0 aliphatic heterocycles. The van der Waals surface area contributed by atoms with Crippen LogP contribution in [0.2, 0.25) is 0 Å². The van der Waals surface area contributed by atoms with E-state index in [1.165, 1.54) is 22.3 Å². The van der Waals surface area contributed by atoms with Crippen LogP contribution in [0.4, 0.5) is 0 Å². The molecule has 0 radical (unpaired) electrons. The molecule has 0 aliphatic rings. The average molecular weight is 1870 g/mol. The standard InChI is InChI=1S/C126H90N12O6/c1-123(2,3)101-63-55-95(56-64-101)117-131-127-111(139-117)89-43-29-79(30-44-89)21-25-85-73-86(26-22-80-31-45-90(46-32-80)112-128-132-118(140-112)96-57-65-102(66-58-96)124(4,5)6)76-99(75-85)121-137-135-115(143-121)93-51-37-83(38-52-93)41-71-109-105-17-13-15-19-107(105)110(108-20-16-14-18-106(108)109)72-42-84-39-53-94(54-40-84)116-136-138-122(144-116)100-77-87(27-23-81-33-47-91(48-34-81)113-129-133-119(141-113)97-59-67-103(68-60-97)125(7,8)9)74-88(78-100)28-24-82-35-49-92(50-36-82)114-130-134-120(142-114)98-61-69-104(70-62-98)126(10,11)12/h13-20,29-40,43-70,73-78H,1-12H3. The van der Waals surface area contributed by atoms with Gasteiger partial charge in [-0.25, -0.2) is 0 Å². The highest BCUT2D eigenvalue weighted by Crippen LogP contribution is 2.39. The molecule has 144 heavy (non-hydrogen) atoms. The van der Waals surface area contributed by atoms with E-state index in [2.05, 4.69) is 288 Å². The first kappa shape index (κ1) is 91.4. The summed E-state index contributed by atoms with van der Waals surface area (Å²) >= 11 is 0. The summed E-state index contributed by atoms with van der Waals surface area (Å²) in [6.45, 7) is 26.2. The van der Waals surface area contributed by atoms with Crippen molar-refractivity contribution in [3.8, 4) is 208 Å². The maximum Gasteiger partial charge on any atom is 0.248 e. The topological polar surface area (TPSA) is 234 Å². The Hall–Kier alpha value is -19.0. The fraction of sp³-hybridized carbons (Fsp3) is 0.127. The van der Waals surface area contributed by atoms with Gasteiger partial charge in [-0.3, -0.25) is 0 Å². The van der Waals surface area contributed by atoms with Gasteiger partial charge in [0.2, 0.25) is 70.7 Å². The number of fused-ring (bicyclic) bond motifs is 2. The van der Waals surface area contributed by atoms with E-state index < -0.39 is 0 Å². The molecule has 0 aliphatic carbocycles. The van der Waals surface area contributed by atoms with Crippen molar-refractivity contribution >= 4 is 21.5 Å². The lowest BCUT2D eigenvalue weighted by Crippen LogP contribution is -2.10. The molecule has 0 saturated carbocycles. The molecule has 0 fully saturated rings. The highest BCUT2D eigenvalue weighted by Gasteiger charge is 2.24. The molecule has 21 aromatic rings. The molecule has 0 saturated heterocycles. The summed E-state index contributed by atoms with van der Waals surface area (Å²) in [5.41, 5.74) is 23.2. The van der Waals surface area contributed by atoms with Crippen molar-refractivity contribution in [2.75, 3.05) is 0 Å². The van der Waals surface area contributed by atoms with Gasteiger partial charge in [0.1, 0.15) is 0 Å². The van der Waals surface area contributed by atoms with Crippen molar-refractivity contribution in [1.82, 2.24) is 61.2 Å².